The Hall–Kier alpha value is -2.89. The van der Waals surface area contributed by atoms with Crippen molar-refractivity contribution in [2.24, 2.45) is 4.99 Å². The van der Waals surface area contributed by atoms with Gasteiger partial charge in [0.25, 0.3) is 16.1 Å². The average molecular weight is 601 g/mol. The molecule has 3 heterocycles. The van der Waals surface area contributed by atoms with E-state index in [0.717, 1.165) is 20.7 Å². The summed E-state index contributed by atoms with van der Waals surface area (Å²) < 4.78 is 75.0. The van der Waals surface area contributed by atoms with Gasteiger partial charge in [-0.1, -0.05) is 12.6 Å². The second-order valence-corrected chi connectivity index (χ2v) is 14.2. The fourth-order valence-corrected chi connectivity index (χ4v) is 7.35. The van der Waals surface area contributed by atoms with E-state index in [0.29, 0.717) is 19.0 Å². The highest BCUT2D eigenvalue weighted by Gasteiger charge is 2.41. The Morgan fingerprint density at radius 1 is 1.15 bits per heavy atom. The molecular formula is C24H33FN6O7S2. The molecule has 2 fully saturated rings. The summed E-state index contributed by atoms with van der Waals surface area (Å²) in [5.74, 6) is -1.61. The molecular weight excluding hydrogens is 567 g/mol. The number of ether oxygens (including phenoxy) is 1. The molecule has 3 aliphatic rings. The maximum atomic E-state index is 14.2. The molecule has 40 heavy (non-hydrogen) atoms. The topological polar surface area (TPSA) is 152 Å². The van der Waals surface area contributed by atoms with Crippen LogP contribution in [0.2, 0.25) is 0 Å². The molecule has 4 rings (SSSR count). The molecule has 16 heteroatoms. The lowest BCUT2D eigenvalue weighted by atomic mass is 10.0. The third-order valence-corrected chi connectivity index (χ3v) is 10.8. The van der Waals surface area contributed by atoms with Crippen molar-refractivity contribution in [3.05, 3.63) is 53.3 Å². The second-order valence-electron chi connectivity index (χ2n) is 10.1. The summed E-state index contributed by atoms with van der Waals surface area (Å²) in [5, 5.41) is 13.2. The van der Waals surface area contributed by atoms with Crippen LogP contribution in [0.25, 0.3) is 0 Å². The Morgan fingerprint density at radius 3 is 2.40 bits per heavy atom. The van der Waals surface area contributed by atoms with Crippen molar-refractivity contribution >= 4 is 32.0 Å². The van der Waals surface area contributed by atoms with Gasteiger partial charge in [0.1, 0.15) is 17.3 Å². The molecule has 1 aromatic rings. The van der Waals surface area contributed by atoms with E-state index in [-0.39, 0.29) is 54.6 Å². The van der Waals surface area contributed by atoms with E-state index in [4.69, 9.17) is 4.74 Å². The van der Waals surface area contributed by atoms with Gasteiger partial charge in [-0.25, -0.2) is 17.8 Å². The summed E-state index contributed by atoms with van der Waals surface area (Å²) in [5.41, 5.74) is -0.864. The Labute approximate surface area is 233 Å². The molecule has 2 N–H and O–H groups in total. The quantitative estimate of drug-likeness (QED) is 0.455. The van der Waals surface area contributed by atoms with Gasteiger partial charge in [-0.2, -0.15) is 21.3 Å². The van der Waals surface area contributed by atoms with Gasteiger partial charge in [-0.05, 0) is 31.5 Å². The van der Waals surface area contributed by atoms with Crippen LogP contribution in [0.4, 0.5) is 4.39 Å². The number of morpholine rings is 1. The van der Waals surface area contributed by atoms with Gasteiger partial charge >= 0.3 is 0 Å². The van der Waals surface area contributed by atoms with Crippen LogP contribution >= 0.6 is 0 Å². The zero-order valence-electron chi connectivity index (χ0n) is 22.7. The highest BCUT2D eigenvalue weighted by atomic mass is 32.2. The van der Waals surface area contributed by atoms with Crippen molar-refractivity contribution in [2.45, 2.75) is 30.9 Å². The Balaban J connectivity index is 1.54. The number of aliphatic hydroxyl groups excluding tert-OH is 1. The average Bonchev–Trinajstić information content (AvgIpc) is 2.89. The van der Waals surface area contributed by atoms with Crippen LogP contribution in [0.5, 0.6) is 0 Å². The molecule has 0 aromatic heterocycles. The van der Waals surface area contributed by atoms with Crippen molar-refractivity contribution in [1.82, 2.24) is 23.1 Å². The molecule has 1 amide bonds. The number of amidine groups is 1. The van der Waals surface area contributed by atoms with Crippen LogP contribution in [-0.2, 0) is 36.3 Å². The number of amides is 1. The number of rotatable bonds is 7. The Bertz CT molecular complexity index is 1500. The first-order valence-corrected chi connectivity index (χ1v) is 15.3. The number of fused-ring (bicyclic) bond motifs is 1. The number of carbonyl (C=O) groups is 1. The second kappa shape index (κ2) is 10.8. The molecule has 0 unspecified atom stereocenters. The van der Waals surface area contributed by atoms with Crippen molar-refractivity contribution in [2.75, 3.05) is 53.4 Å². The standard InChI is InChI=1S/C24H33FN6O7S2/c1-16-21(32)20(27-23-24(2,3)38-13-12-31(16)23)22(33)26-15-17-6-7-18(25)14-19(17)39(34,35)29-8-10-30(11-9-29)40(36,37)28(4)5/h6-7,14,32H,1,8-13,15H2,2-5H3,(H,26,33). The summed E-state index contributed by atoms with van der Waals surface area (Å²) in [4.78, 5) is 18.7. The number of hydrogen-bond donors (Lipinski definition) is 2. The SMILES string of the molecule is C=C1C(O)=C(C(=O)NCc2ccc(F)cc2S(=O)(=O)N2CCN(S(=O)(=O)N(C)C)CC2)N=C2N1CCOC2(C)C. The molecule has 1 aromatic carbocycles. The van der Waals surface area contributed by atoms with E-state index >= 15 is 0 Å². The summed E-state index contributed by atoms with van der Waals surface area (Å²) >= 11 is 0. The number of benzene rings is 1. The number of carbonyl (C=O) groups excluding carboxylic acids is 1. The minimum Gasteiger partial charge on any atom is -0.504 e. The maximum absolute atomic E-state index is 14.2. The van der Waals surface area contributed by atoms with Crippen LogP contribution in [0.3, 0.4) is 0 Å². The monoisotopic (exact) mass is 600 g/mol. The highest BCUT2D eigenvalue weighted by Crippen LogP contribution is 2.31. The minimum atomic E-state index is -4.25. The van der Waals surface area contributed by atoms with E-state index in [9.17, 15) is 31.1 Å². The first-order chi connectivity index (χ1) is 18.6. The molecule has 0 radical (unpaired) electrons. The zero-order chi connectivity index (χ0) is 29.6. The van der Waals surface area contributed by atoms with Crippen molar-refractivity contribution in [3.63, 3.8) is 0 Å². The smallest absolute Gasteiger partial charge is 0.281 e. The van der Waals surface area contributed by atoms with Crippen LogP contribution < -0.4 is 5.32 Å². The first-order valence-electron chi connectivity index (χ1n) is 12.4. The molecule has 13 nitrogen and oxygen atoms in total. The fraction of sp³-hybridized carbons (Fsp3) is 0.500. The van der Waals surface area contributed by atoms with Gasteiger partial charge in [0.15, 0.2) is 11.5 Å². The molecule has 0 atom stereocenters. The number of hydrogen-bond acceptors (Lipinski definition) is 9. The first kappa shape index (κ1) is 30.1. The van der Waals surface area contributed by atoms with Gasteiger partial charge in [0.05, 0.1) is 17.2 Å². The molecule has 220 valence electrons. The molecule has 0 saturated carbocycles. The van der Waals surface area contributed by atoms with Crippen molar-refractivity contribution in [1.29, 1.82) is 0 Å². The molecule has 0 aliphatic carbocycles. The van der Waals surface area contributed by atoms with Gasteiger partial charge in [0, 0.05) is 53.4 Å². The lowest BCUT2D eigenvalue weighted by Crippen LogP contribution is -2.54. The molecule has 0 spiro atoms. The van der Waals surface area contributed by atoms with Gasteiger partial charge < -0.3 is 20.1 Å². The number of sulfonamides is 1. The molecule has 2 saturated heterocycles. The largest absolute Gasteiger partial charge is 0.504 e. The van der Waals surface area contributed by atoms with Crippen LogP contribution in [0.1, 0.15) is 19.4 Å². The summed E-state index contributed by atoms with van der Waals surface area (Å²) in [7, 11) is -5.19. The Morgan fingerprint density at radius 2 is 1.77 bits per heavy atom. The number of aliphatic hydroxyl groups is 1. The normalized spacial score (nSPS) is 20.9. The number of halogens is 1. The van der Waals surface area contributed by atoms with E-state index in [1.807, 2.05) is 0 Å². The molecule has 3 aliphatic heterocycles. The number of nitrogens with one attached hydrogen (secondary N) is 1. The zero-order valence-corrected chi connectivity index (χ0v) is 24.3. The number of aliphatic imine (C=N–C) groups is 1. The van der Waals surface area contributed by atoms with Gasteiger partial charge in [-0.3, -0.25) is 4.79 Å². The van der Waals surface area contributed by atoms with Gasteiger partial charge in [0.2, 0.25) is 10.0 Å². The molecule has 0 bridgehead atoms. The number of piperazine rings is 1. The van der Waals surface area contributed by atoms with Gasteiger partial charge in [-0.15, -0.1) is 0 Å². The summed E-state index contributed by atoms with van der Waals surface area (Å²) in [6.07, 6.45) is 0. The van der Waals surface area contributed by atoms with Crippen molar-refractivity contribution < 1.29 is 35.9 Å². The minimum absolute atomic E-state index is 0.0735. The third kappa shape index (κ3) is 5.51. The summed E-state index contributed by atoms with van der Waals surface area (Å²) in [6.45, 7) is 7.45. The highest BCUT2D eigenvalue weighted by molar-refractivity contribution is 7.89. The predicted molar refractivity (Wildman–Crippen MR) is 144 cm³/mol. The van der Waals surface area contributed by atoms with Crippen LogP contribution in [-0.4, -0.2) is 111 Å². The van der Waals surface area contributed by atoms with E-state index < -0.39 is 43.3 Å². The van der Waals surface area contributed by atoms with Crippen molar-refractivity contribution in [3.8, 4) is 0 Å². The fourth-order valence-electron chi connectivity index (χ4n) is 4.61. The van der Waals surface area contributed by atoms with E-state index in [1.54, 1.807) is 18.7 Å². The summed E-state index contributed by atoms with van der Waals surface area (Å²) in [6, 6.07) is 3.18. The lowest BCUT2D eigenvalue weighted by molar-refractivity contribution is -0.118. The van der Waals surface area contributed by atoms with Crippen LogP contribution in [0.15, 0.2) is 51.8 Å². The van der Waals surface area contributed by atoms with Crippen LogP contribution in [0, 0.1) is 5.82 Å². The number of nitrogens with zero attached hydrogens (tertiary/aromatic N) is 5. The Kier molecular flexibility index (Phi) is 8.14. The lowest BCUT2D eigenvalue weighted by Gasteiger charge is -2.43. The predicted octanol–water partition coefficient (Wildman–Crippen LogP) is 0.361. The van der Waals surface area contributed by atoms with E-state index in [1.165, 1.54) is 24.5 Å². The third-order valence-electron chi connectivity index (χ3n) is 6.90. The maximum Gasteiger partial charge on any atom is 0.281 e. The van der Waals surface area contributed by atoms with E-state index in [2.05, 4.69) is 16.9 Å².